The van der Waals surface area contributed by atoms with Gasteiger partial charge in [-0.15, -0.1) is 0 Å². The molecular weight excluding hydrogens is 160 g/mol. The first kappa shape index (κ1) is 8.12. The summed E-state index contributed by atoms with van der Waals surface area (Å²) in [5, 5.41) is 3.29. The summed E-state index contributed by atoms with van der Waals surface area (Å²) in [7, 11) is 0. The van der Waals surface area contributed by atoms with Gasteiger partial charge in [-0.05, 0) is 18.6 Å². The Kier molecular flexibility index (Phi) is 1.94. The van der Waals surface area contributed by atoms with Crippen molar-refractivity contribution in [2.24, 2.45) is 0 Å². The highest BCUT2D eigenvalue weighted by atomic mass is 15.1. The molecule has 0 atom stereocenters. The smallest absolute Gasteiger partial charge is 0.305 e. The molecule has 1 aliphatic rings. The fourth-order valence-electron chi connectivity index (χ4n) is 1.57. The molecule has 0 heterocycles. The van der Waals surface area contributed by atoms with Crippen LogP contribution in [0.15, 0.2) is 30.3 Å². The zero-order valence-corrected chi connectivity index (χ0v) is 7.46. The molecule has 66 valence electrons. The molecule has 0 bridgehead atoms. The van der Waals surface area contributed by atoms with E-state index in [0.29, 0.717) is 0 Å². The lowest BCUT2D eigenvalue weighted by atomic mass is 9.85. The summed E-state index contributed by atoms with van der Waals surface area (Å²) >= 11 is 0. The van der Waals surface area contributed by atoms with E-state index in [1.807, 2.05) is 30.3 Å². The molecule has 1 aromatic rings. The van der Waals surface area contributed by atoms with E-state index in [1.165, 1.54) is 6.42 Å². The van der Waals surface area contributed by atoms with Crippen molar-refractivity contribution >= 4 is 5.69 Å². The first-order valence-corrected chi connectivity index (χ1v) is 4.57. The van der Waals surface area contributed by atoms with Gasteiger partial charge in [-0.1, -0.05) is 18.2 Å². The number of anilines is 1. The lowest BCUT2D eigenvalue weighted by Crippen LogP contribution is -2.41. The van der Waals surface area contributed by atoms with Gasteiger partial charge in [-0.3, -0.25) is 4.85 Å². The molecular formula is C11H12N2. The minimum absolute atomic E-state index is 0.290. The Morgan fingerprint density at radius 3 is 2.38 bits per heavy atom. The Balaban J connectivity index is 2.10. The third-order valence-electron chi connectivity index (χ3n) is 2.55. The van der Waals surface area contributed by atoms with E-state index in [4.69, 9.17) is 6.57 Å². The summed E-state index contributed by atoms with van der Waals surface area (Å²) in [5.74, 6) is 0. The Labute approximate surface area is 78.4 Å². The summed E-state index contributed by atoms with van der Waals surface area (Å²) in [5.41, 5.74) is 0.764. The van der Waals surface area contributed by atoms with Crippen molar-refractivity contribution in [3.8, 4) is 0 Å². The molecule has 0 aromatic heterocycles. The highest BCUT2D eigenvalue weighted by molar-refractivity contribution is 5.46. The highest BCUT2D eigenvalue weighted by Crippen LogP contribution is 2.36. The van der Waals surface area contributed by atoms with Crippen LogP contribution in [-0.4, -0.2) is 5.66 Å². The third-order valence-corrected chi connectivity index (χ3v) is 2.55. The monoisotopic (exact) mass is 172 g/mol. The molecule has 1 saturated carbocycles. The van der Waals surface area contributed by atoms with Gasteiger partial charge >= 0.3 is 5.66 Å². The molecule has 0 saturated heterocycles. The Morgan fingerprint density at radius 2 is 1.92 bits per heavy atom. The second-order valence-electron chi connectivity index (χ2n) is 3.49. The Hall–Kier alpha value is -1.49. The van der Waals surface area contributed by atoms with Crippen LogP contribution in [0.5, 0.6) is 0 Å². The molecule has 1 aliphatic carbocycles. The number of hydrogen-bond donors (Lipinski definition) is 1. The molecule has 0 aliphatic heterocycles. The molecule has 13 heavy (non-hydrogen) atoms. The van der Waals surface area contributed by atoms with Crippen molar-refractivity contribution in [1.82, 2.24) is 0 Å². The molecule has 0 amide bonds. The molecule has 0 radical (unpaired) electrons. The van der Waals surface area contributed by atoms with Crippen molar-refractivity contribution in [3.63, 3.8) is 0 Å². The minimum atomic E-state index is -0.290. The molecule has 2 nitrogen and oxygen atoms in total. The van der Waals surface area contributed by atoms with Crippen LogP contribution in [0.1, 0.15) is 19.3 Å². The number of para-hydroxylation sites is 1. The zero-order valence-electron chi connectivity index (χ0n) is 7.46. The van der Waals surface area contributed by atoms with Gasteiger partial charge < -0.3 is 5.32 Å². The zero-order chi connectivity index (χ0) is 9.15. The van der Waals surface area contributed by atoms with Crippen LogP contribution in [0.25, 0.3) is 4.85 Å². The van der Waals surface area contributed by atoms with Crippen molar-refractivity contribution in [3.05, 3.63) is 41.7 Å². The van der Waals surface area contributed by atoms with Crippen LogP contribution < -0.4 is 5.32 Å². The van der Waals surface area contributed by atoms with Gasteiger partial charge in [0, 0.05) is 18.5 Å². The van der Waals surface area contributed by atoms with Crippen LogP contribution in [0, 0.1) is 6.57 Å². The number of rotatable bonds is 2. The van der Waals surface area contributed by atoms with E-state index in [-0.39, 0.29) is 5.66 Å². The van der Waals surface area contributed by atoms with E-state index in [0.717, 1.165) is 18.5 Å². The fraction of sp³-hybridized carbons (Fsp3) is 0.364. The quantitative estimate of drug-likeness (QED) is 0.678. The van der Waals surface area contributed by atoms with Crippen LogP contribution in [0.3, 0.4) is 0 Å². The molecule has 1 aromatic carbocycles. The summed E-state index contributed by atoms with van der Waals surface area (Å²) in [6, 6.07) is 9.96. The maximum atomic E-state index is 7.12. The summed E-state index contributed by atoms with van der Waals surface area (Å²) in [4.78, 5) is 3.66. The van der Waals surface area contributed by atoms with Gasteiger partial charge in [0.1, 0.15) is 0 Å². The first-order chi connectivity index (χ1) is 6.35. The molecule has 0 spiro atoms. The average molecular weight is 172 g/mol. The van der Waals surface area contributed by atoms with E-state index in [1.54, 1.807) is 0 Å². The van der Waals surface area contributed by atoms with Crippen molar-refractivity contribution in [1.29, 1.82) is 0 Å². The van der Waals surface area contributed by atoms with E-state index >= 15 is 0 Å². The predicted molar refractivity (Wildman–Crippen MR) is 53.2 cm³/mol. The SMILES string of the molecule is [C-]#[N+]C1(Nc2ccccc2)CCC1. The molecule has 2 heteroatoms. The number of hydrogen-bond acceptors (Lipinski definition) is 1. The normalized spacial score (nSPS) is 18.4. The fourth-order valence-corrected chi connectivity index (χ4v) is 1.57. The summed E-state index contributed by atoms with van der Waals surface area (Å²) < 4.78 is 0. The maximum Gasteiger partial charge on any atom is 0.305 e. The largest absolute Gasteiger partial charge is 0.314 e. The van der Waals surface area contributed by atoms with Crippen LogP contribution in [-0.2, 0) is 0 Å². The highest BCUT2D eigenvalue weighted by Gasteiger charge is 2.43. The third kappa shape index (κ3) is 1.50. The van der Waals surface area contributed by atoms with E-state index in [9.17, 15) is 0 Å². The Morgan fingerprint density at radius 1 is 1.23 bits per heavy atom. The van der Waals surface area contributed by atoms with Gasteiger partial charge in [0.25, 0.3) is 0 Å². The van der Waals surface area contributed by atoms with E-state index < -0.39 is 0 Å². The molecule has 0 unspecified atom stereocenters. The van der Waals surface area contributed by atoms with Gasteiger partial charge in [0.2, 0.25) is 0 Å². The lowest BCUT2D eigenvalue weighted by molar-refractivity contribution is 0.343. The Bertz CT molecular complexity index is 320. The molecule has 1 N–H and O–H groups in total. The average Bonchev–Trinajstić information content (AvgIpc) is 2.13. The van der Waals surface area contributed by atoms with Crippen LogP contribution >= 0.6 is 0 Å². The maximum absolute atomic E-state index is 7.12. The van der Waals surface area contributed by atoms with Crippen molar-refractivity contribution in [2.45, 2.75) is 24.9 Å². The van der Waals surface area contributed by atoms with Gasteiger partial charge in [-0.25, -0.2) is 6.57 Å². The van der Waals surface area contributed by atoms with Gasteiger partial charge in [0.15, 0.2) is 0 Å². The van der Waals surface area contributed by atoms with Crippen LogP contribution in [0.4, 0.5) is 5.69 Å². The topological polar surface area (TPSA) is 16.4 Å². The molecule has 1 fully saturated rings. The van der Waals surface area contributed by atoms with Crippen molar-refractivity contribution in [2.75, 3.05) is 5.32 Å². The predicted octanol–water partition coefficient (Wildman–Crippen LogP) is 2.90. The summed E-state index contributed by atoms with van der Waals surface area (Å²) in [6.07, 6.45) is 3.12. The van der Waals surface area contributed by atoms with Gasteiger partial charge in [-0.2, -0.15) is 0 Å². The number of nitrogens with zero attached hydrogens (tertiary/aromatic N) is 1. The van der Waals surface area contributed by atoms with Crippen LogP contribution in [0.2, 0.25) is 0 Å². The standard InChI is InChI=1S/C11H12N2/c1-12-11(8-5-9-11)13-10-6-3-2-4-7-10/h2-4,6-7,13H,5,8-9H2. The second kappa shape index (κ2) is 3.10. The number of nitrogens with one attached hydrogen (secondary N) is 1. The second-order valence-corrected chi connectivity index (χ2v) is 3.49. The van der Waals surface area contributed by atoms with E-state index in [2.05, 4.69) is 10.2 Å². The lowest BCUT2D eigenvalue weighted by Gasteiger charge is -2.31. The minimum Gasteiger partial charge on any atom is -0.314 e. The number of benzene rings is 1. The summed E-state index contributed by atoms with van der Waals surface area (Å²) in [6.45, 7) is 7.12. The first-order valence-electron chi connectivity index (χ1n) is 4.57. The van der Waals surface area contributed by atoms with Gasteiger partial charge in [0.05, 0.1) is 0 Å². The molecule has 2 rings (SSSR count). The van der Waals surface area contributed by atoms with Crippen molar-refractivity contribution < 1.29 is 0 Å².